The minimum atomic E-state index is -0.801. The van der Waals surface area contributed by atoms with Crippen molar-refractivity contribution >= 4 is 23.2 Å². The van der Waals surface area contributed by atoms with Crippen molar-refractivity contribution in [1.29, 1.82) is 0 Å². The molecule has 0 radical (unpaired) electrons. The molecule has 0 saturated carbocycles. The average molecular weight is 252 g/mol. The van der Waals surface area contributed by atoms with Crippen LogP contribution < -0.4 is 5.32 Å². The van der Waals surface area contributed by atoms with E-state index < -0.39 is 5.54 Å². The van der Waals surface area contributed by atoms with Gasteiger partial charge in [-0.2, -0.15) is 0 Å². The van der Waals surface area contributed by atoms with Crippen molar-refractivity contribution in [2.24, 2.45) is 0 Å². The molecule has 0 spiro atoms. The van der Waals surface area contributed by atoms with Crippen LogP contribution in [0.15, 0.2) is 17.5 Å². The Morgan fingerprint density at radius 3 is 2.88 bits per heavy atom. The van der Waals surface area contributed by atoms with Crippen molar-refractivity contribution in [2.45, 2.75) is 32.4 Å². The predicted molar refractivity (Wildman–Crippen MR) is 66.6 cm³/mol. The Morgan fingerprint density at radius 1 is 1.47 bits per heavy atom. The van der Waals surface area contributed by atoms with Crippen LogP contribution >= 0.6 is 11.3 Å². The molecule has 1 fully saturated rings. The average Bonchev–Trinajstić information content (AvgIpc) is 2.71. The Bertz CT molecular complexity index is 426. The van der Waals surface area contributed by atoms with E-state index in [2.05, 4.69) is 5.32 Å². The summed E-state index contributed by atoms with van der Waals surface area (Å²) in [4.78, 5) is 26.7. The van der Waals surface area contributed by atoms with Gasteiger partial charge >= 0.3 is 0 Å². The maximum atomic E-state index is 12.3. The highest BCUT2D eigenvalue weighted by Gasteiger charge is 2.36. The van der Waals surface area contributed by atoms with Crippen molar-refractivity contribution in [3.8, 4) is 0 Å². The van der Waals surface area contributed by atoms with Crippen molar-refractivity contribution in [2.75, 3.05) is 6.54 Å². The first kappa shape index (κ1) is 12.1. The molecule has 0 aromatic carbocycles. The fourth-order valence-corrected chi connectivity index (χ4v) is 2.66. The van der Waals surface area contributed by atoms with Crippen molar-refractivity contribution in [3.63, 3.8) is 0 Å². The van der Waals surface area contributed by atoms with E-state index >= 15 is 0 Å². The van der Waals surface area contributed by atoms with E-state index in [0.29, 0.717) is 19.5 Å². The van der Waals surface area contributed by atoms with Crippen LogP contribution in [0.5, 0.6) is 0 Å². The van der Waals surface area contributed by atoms with E-state index in [0.717, 1.165) is 4.88 Å². The highest BCUT2D eigenvalue weighted by Crippen LogP contribution is 2.18. The molecular weight excluding hydrogens is 236 g/mol. The van der Waals surface area contributed by atoms with E-state index in [1.807, 2.05) is 17.5 Å². The van der Waals surface area contributed by atoms with Crippen molar-refractivity contribution in [1.82, 2.24) is 10.2 Å². The van der Waals surface area contributed by atoms with Crippen LogP contribution in [0.25, 0.3) is 0 Å². The number of nitrogens with zero attached hydrogens (tertiary/aromatic N) is 1. The van der Waals surface area contributed by atoms with Gasteiger partial charge in [0.1, 0.15) is 5.54 Å². The van der Waals surface area contributed by atoms with Crippen LogP contribution in [0.3, 0.4) is 0 Å². The molecule has 2 amide bonds. The normalized spacial score (nSPS) is 20.0. The highest BCUT2D eigenvalue weighted by atomic mass is 32.1. The van der Waals surface area contributed by atoms with E-state index in [9.17, 15) is 9.59 Å². The second-order valence-corrected chi connectivity index (χ2v) is 5.76. The maximum Gasteiger partial charge on any atom is 0.248 e. The molecule has 0 atom stereocenters. The molecule has 0 bridgehead atoms. The van der Waals surface area contributed by atoms with E-state index in [4.69, 9.17) is 0 Å². The second kappa shape index (κ2) is 4.49. The Hall–Kier alpha value is -1.36. The smallest absolute Gasteiger partial charge is 0.248 e. The van der Waals surface area contributed by atoms with Gasteiger partial charge in [-0.1, -0.05) is 6.07 Å². The Morgan fingerprint density at radius 2 is 2.24 bits per heavy atom. The van der Waals surface area contributed by atoms with E-state index in [-0.39, 0.29) is 11.8 Å². The summed E-state index contributed by atoms with van der Waals surface area (Å²) in [5, 5.41) is 4.74. The minimum absolute atomic E-state index is 0.0169. The molecule has 4 nitrogen and oxygen atoms in total. The number of carbonyl (C=O) groups is 2. The molecular formula is C12H16N2O2S. The van der Waals surface area contributed by atoms with Crippen LogP contribution in [-0.4, -0.2) is 28.8 Å². The summed E-state index contributed by atoms with van der Waals surface area (Å²) in [6, 6.07) is 3.97. The Kier molecular flexibility index (Phi) is 3.19. The number of thiophene rings is 1. The number of rotatable bonds is 2. The molecule has 1 saturated heterocycles. The first-order chi connectivity index (χ1) is 7.99. The largest absolute Gasteiger partial charge is 0.342 e. The third kappa shape index (κ3) is 2.66. The molecule has 1 aromatic heterocycles. The van der Waals surface area contributed by atoms with Gasteiger partial charge < -0.3 is 10.2 Å². The minimum Gasteiger partial charge on any atom is -0.342 e. The molecule has 92 valence electrons. The fraction of sp³-hybridized carbons (Fsp3) is 0.500. The van der Waals surface area contributed by atoms with Gasteiger partial charge in [-0.15, -0.1) is 11.3 Å². The molecule has 1 aliphatic rings. The lowest BCUT2D eigenvalue weighted by atomic mass is 10.0. The van der Waals surface area contributed by atoms with Crippen LogP contribution in [-0.2, 0) is 16.1 Å². The zero-order valence-electron chi connectivity index (χ0n) is 10.0. The lowest BCUT2D eigenvalue weighted by molar-refractivity contribution is -0.137. The van der Waals surface area contributed by atoms with Gasteiger partial charge in [0, 0.05) is 17.8 Å². The van der Waals surface area contributed by atoms with Gasteiger partial charge in [0.2, 0.25) is 11.8 Å². The summed E-state index contributed by atoms with van der Waals surface area (Å²) in [5.74, 6) is -0.0752. The fourth-order valence-electron chi connectivity index (χ4n) is 1.94. The summed E-state index contributed by atoms with van der Waals surface area (Å²) >= 11 is 1.63. The number of hydrogen-bond donors (Lipinski definition) is 1. The van der Waals surface area contributed by atoms with Crippen LogP contribution in [0.2, 0.25) is 0 Å². The zero-order chi connectivity index (χ0) is 12.5. The molecule has 1 N–H and O–H groups in total. The molecule has 0 aliphatic carbocycles. The van der Waals surface area contributed by atoms with E-state index in [1.54, 1.807) is 30.1 Å². The lowest BCUT2D eigenvalue weighted by Gasteiger charge is -2.28. The number of amides is 2. The van der Waals surface area contributed by atoms with Gasteiger partial charge in [-0.05, 0) is 25.3 Å². The van der Waals surface area contributed by atoms with Crippen LogP contribution in [0.1, 0.15) is 25.1 Å². The molecule has 1 aliphatic heterocycles. The zero-order valence-corrected chi connectivity index (χ0v) is 10.8. The predicted octanol–water partition coefficient (Wildman–Crippen LogP) is 1.38. The monoisotopic (exact) mass is 252 g/mol. The number of hydrogen-bond acceptors (Lipinski definition) is 3. The molecule has 1 aromatic rings. The molecule has 5 heteroatoms. The van der Waals surface area contributed by atoms with Gasteiger partial charge in [-0.25, -0.2) is 0 Å². The second-order valence-electron chi connectivity index (χ2n) is 4.73. The molecule has 17 heavy (non-hydrogen) atoms. The maximum absolute atomic E-state index is 12.3. The Labute approximate surface area is 105 Å². The van der Waals surface area contributed by atoms with Gasteiger partial charge in [0.15, 0.2) is 0 Å². The van der Waals surface area contributed by atoms with Crippen molar-refractivity contribution < 1.29 is 9.59 Å². The summed E-state index contributed by atoms with van der Waals surface area (Å²) in [7, 11) is 0. The SMILES string of the molecule is CC1(C)NC(=O)CCN(Cc2cccs2)C1=O. The molecule has 0 unspecified atom stereocenters. The van der Waals surface area contributed by atoms with Gasteiger partial charge in [-0.3, -0.25) is 9.59 Å². The third-order valence-electron chi connectivity index (χ3n) is 2.81. The van der Waals surface area contributed by atoms with E-state index in [1.165, 1.54) is 0 Å². The van der Waals surface area contributed by atoms with Gasteiger partial charge in [0.25, 0.3) is 0 Å². The van der Waals surface area contributed by atoms with Crippen LogP contribution in [0, 0.1) is 0 Å². The first-order valence-electron chi connectivity index (χ1n) is 5.62. The summed E-state index contributed by atoms with van der Waals surface area (Å²) in [5.41, 5.74) is -0.801. The standard InChI is InChI=1S/C12H16N2O2S/c1-12(2)11(16)14(6-5-10(15)13-12)8-9-4-3-7-17-9/h3-4,7H,5-6,8H2,1-2H3,(H,13,15). The van der Waals surface area contributed by atoms with Gasteiger partial charge in [0.05, 0.1) is 6.54 Å². The number of carbonyl (C=O) groups excluding carboxylic acids is 2. The molecule has 2 rings (SSSR count). The van der Waals surface area contributed by atoms with Crippen LogP contribution in [0.4, 0.5) is 0 Å². The topological polar surface area (TPSA) is 49.4 Å². The third-order valence-corrected chi connectivity index (χ3v) is 3.67. The Balaban J connectivity index is 2.16. The highest BCUT2D eigenvalue weighted by molar-refractivity contribution is 7.09. The number of nitrogens with one attached hydrogen (secondary N) is 1. The lowest BCUT2D eigenvalue weighted by Crippen LogP contribution is -2.52. The summed E-state index contributed by atoms with van der Waals surface area (Å²) in [6.07, 6.45) is 0.376. The summed E-state index contributed by atoms with van der Waals surface area (Å²) < 4.78 is 0. The first-order valence-corrected chi connectivity index (χ1v) is 6.50. The molecule has 2 heterocycles. The quantitative estimate of drug-likeness (QED) is 0.864. The summed E-state index contributed by atoms with van der Waals surface area (Å²) in [6.45, 7) is 4.58. The van der Waals surface area contributed by atoms with Crippen molar-refractivity contribution in [3.05, 3.63) is 22.4 Å².